The van der Waals surface area contributed by atoms with Gasteiger partial charge in [0.15, 0.2) is 0 Å². The minimum absolute atomic E-state index is 0.0557. The second-order valence-electron chi connectivity index (χ2n) is 9.53. The number of halogens is 1. The highest BCUT2D eigenvalue weighted by atomic mass is 127. The molecule has 1 nitrogen and oxygen atoms in total. The van der Waals surface area contributed by atoms with E-state index < -0.39 is 0 Å². The molecule has 0 aromatic heterocycles. The molecule has 2 heteroatoms. The molecule has 4 rings (SSSR count). The van der Waals surface area contributed by atoms with E-state index in [0.29, 0.717) is 11.8 Å². The molecule has 4 aliphatic rings. The molecule has 4 saturated carbocycles. The summed E-state index contributed by atoms with van der Waals surface area (Å²) in [5.41, 5.74) is 0.136. The van der Waals surface area contributed by atoms with Crippen LogP contribution in [0.1, 0.15) is 64.7 Å². The quantitative estimate of drug-likeness (QED) is 0.279. The van der Waals surface area contributed by atoms with Gasteiger partial charge in [0.25, 0.3) is 0 Å². The van der Waals surface area contributed by atoms with Crippen molar-refractivity contribution in [3.8, 4) is 6.07 Å². The molecule has 0 radical (unpaired) electrons. The van der Waals surface area contributed by atoms with E-state index in [-0.39, 0.29) is 10.8 Å². The minimum Gasteiger partial charge on any atom is -0.198 e. The fraction of sp³-hybridized carbons (Fsp3) is 0.864. The molecule has 0 amide bonds. The number of rotatable bonds is 2. The van der Waals surface area contributed by atoms with Crippen LogP contribution in [0.15, 0.2) is 12.7 Å². The SMILES string of the molecule is C=C[C@H]1CC[C@@]2(C#N)[C@@H]3CC[C@@H]4C[C@@H](CI)CC[C@@H]4[C@H]3CC[C@]12C. The lowest BCUT2D eigenvalue weighted by Crippen LogP contribution is -2.54. The van der Waals surface area contributed by atoms with Crippen LogP contribution in [-0.2, 0) is 0 Å². The number of hydrogen-bond acceptors (Lipinski definition) is 1. The number of nitrogens with zero attached hydrogens (tertiary/aromatic N) is 1. The Morgan fingerprint density at radius 3 is 2.67 bits per heavy atom. The van der Waals surface area contributed by atoms with Gasteiger partial charge in [0.05, 0.1) is 11.5 Å². The molecular formula is C22H32IN. The molecule has 0 saturated heterocycles. The van der Waals surface area contributed by atoms with E-state index in [2.05, 4.69) is 48.2 Å². The maximum Gasteiger partial charge on any atom is 0.0698 e. The van der Waals surface area contributed by atoms with Gasteiger partial charge in [-0.2, -0.15) is 5.26 Å². The summed E-state index contributed by atoms with van der Waals surface area (Å²) in [4.78, 5) is 0. The van der Waals surface area contributed by atoms with Gasteiger partial charge in [0.2, 0.25) is 0 Å². The van der Waals surface area contributed by atoms with E-state index in [1.807, 2.05) is 0 Å². The van der Waals surface area contributed by atoms with Crippen LogP contribution in [0.3, 0.4) is 0 Å². The molecule has 0 aliphatic heterocycles. The highest BCUT2D eigenvalue weighted by molar-refractivity contribution is 14.1. The third-order valence-electron chi connectivity index (χ3n) is 9.08. The van der Waals surface area contributed by atoms with Gasteiger partial charge in [-0.05, 0) is 98.7 Å². The van der Waals surface area contributed by atoms with E-state index in [9.17, 15) is 5.26 Å². The number of hydrogen-bond donors (Lipinski definition) is 0. The number of nitriles is 1. The normalized spacial score (nSPS) is 53.4. The Bertz CT molecular complexity index is 551. The highest BCUT2D eigenvalue weighted by Gasteiger charge is 2.65. The van der Waals surface area contributed by atoms with E-state index >= 15 is 0 Å². The lowest BCUT2D eigenvalue weighted by Gasteiger charge is -2.59. The molecular weight excluding hydrogens is 405 g/mol. The Kier molecular flexibility index (Phi) is 4.55. The second-order valence-corrected chi connectivity index (χ2v) is 10.4. The van der Waals surface area contributed by atoms with Crippen molar-refractivity contribution >= 4 is 22.6 Å². The van der Waals surface area contributed by atoms with Crippen LogP contribution in [0.25, 0.3) is 0 Å². The van der Waals surface area contributed by atoms with Gasteiger partial charge in [-0.3, -0.25) is 0 Å². The number of alkyl halides is 1. The van der Waals surface area contributed by atoms with Crippen LogP contribution in [0, 0.1) is 57.7 Å². The first-order chi connectivity index (χ1) is 11.6. The fourth-order valence-electron chi connectivity index (χ4n) is 7.80. The lowest BCUT2D eigenvalue weighted by atomic mass is 9.44. The molecule has 0 aromatic carbocycles. The van der Waals surface area contributed by atoms with E-state index in [0.717, 1.165) is 30.1 Å². The van der Waals surface area contributed by atoms with Gasteiger partial charge in [-0.15, -0.1) is 6.58 Å². The standard InChI is InChI=1S/C22H32IN/c1-3-17-8-11-22(14-24)20-7-5-16-12-15(13-23)4-6-18(16)19(20)9-10-21(17,22)2/h3,15-20H,1,4-13H2,2H3/t15-,16+,17-,18-,19+,20+,21+,22+/m0/s1. The van der Waals surface area contributed by atoms with Crippen molar-refractivity contribution in [1.29, 1.82) is 5.26 Å². The van der Waals surface area contributed by atoms with E-state index in [4.69, 9.17) is 0 Å². The summed E-state index contributed by atoms with van der Waals surface area (Å²) in [5.74, 6) is 4.94. The summed E-state index contributed by atoms with van der Waals surface area (Å²) in [6.45, 7) is 6.56. The zero-order valence-electron chi connectivity index (χ0n) is 15.1. The van der Waals surface area contributed by atoms with Crippen LogP contribution < -0.4 is 0 Å². The summed E-state index contributed by atoms with van der Waals surface area (Å²) in [6.07, 6.45) is 14.2. The monoisotopic (exact) mass is 437 g/mol. The Labute approximate surface area is 161 Å². The molecule has 4 fully saturated rings. The highest BCUT2D eigenvalue weighted by Crippen LogP contribution is 2.70. The Balaban J connectivity index is 1.64. The molecule has 24 heavy (non-hydrogen) atoms. The smallest absolute Gasteiger partial charge is 0.0698 e. The Hall–Kier alpha value is -0.0400. The van der Waals surface area contributed by atoms with Crippen molar-refractivity contribution in [2.24, 2.45) is 46.3 Å². The van der Waals surface area contributed by atoms with Crippen LogP contribution >= 0.6 is 22.6 Å². The summed E-state index contributed by atoms with van der Waals surface area (Å²) in [6, 6.07) is 2.95. The lowest BCUT2D eigenvalue weighted by molar-refractivity contribution is -0.0965. The van der Waals surface area contributed by atoms with Crippen LogP contribution in [0.5, 0.6) is 0 Å². The predicted octanol–water partition coefficient (Wildman–Crippen LogP) is 6.39. The van der Waals surface area contributed by atoms with Gasteiger partial charge >= 0.3 is 0 Å². The third kappa shape index (κ3) is 2.22. The summed E-state index contributed by atoms with van der Waals surface area (Å²) < 4.78 is 1.34. The number of allylic oxidation sites excluding steroid dienone is 1. The second kappa shape index (κ2) is 6.29. The summed E-state index contributed by atoms with van der Waals surface area (Å²) in [7, 11) is 0. The largest absolute Gasteiger partial charge is 0.198 e. The van der Waals surface area contributed by atoms with Crippen molar-refractivity contribution in [1.82, 2.24) is 0 Å². The van der Waals surface area contributed by atoms with Gasteiger partial charge in [-0.25, -0.2) is 0 Å². The molecule has 0 heterocycles. The molecule has 0 bridgehead atoms. The summed E-state index contributed by atoms with van der Waals surface area (Å²) in [5, 5.41) is 10.4. The predicted molar refractivity (Wildman–Crippen MR) is 108 cm³/mol. The minimum atomic E-state index is -0.0557. The number of fused-ring (bicyclic) bond motifs is 5. The van der Waals surface area contributed by atoms with Gasteiger partial charge in [0, 0.05) is 4.43 Å². The van der Waals surface area contributed by atoms with Crippen LogP contribution in [-0.4, -0.2) is 4.43 Å². The molecule has 0 N–H and O–H groups in total. The van der Waals surface area contributed by atoms with Gasteiger partial charge < -0.3 is 0 Å². The van der Waals surface area contributed by atoms with Gasteiger partial charge in [0.1, 0.15) is 0 Å². The Morgan fingerprint density at radius 2 is 1.96 bits per heavy atom. The van der Waals surface area contributed by atoms with Crippen LogP contribution in [0.4, 0.5) is 0 Å². The zero-order valence-corrected chi connectivity index (χ0v) is 17.3. The molecule has 0 aromatic rings. The molecule has 4 aliphatic carbocycles. The first kappa shape index (κ1) is 17.4. The summed E-state index contributed by atoms with van der Waals surface area (Å²) >= 11 is 2.59. The van der Waals surface area contributed by atoms with Crippen molar-refractivity contribution in [2.45, 2.75) is 64.7 Å². The molecule has 0 unspecified atom stereocenters. The first-order valence-electron chi connectivity index (χ1n) is 10.2. The first-order valence-corrected chi connectivity index (χ1v) is 11.7. The van der Waals surface area contributed by atoms with Crippen molar-refractivity contribution in [2.75, 3.05) is 4.43 Å². The maximum atomic E-state index is 10.4. The van der Waals surface area contributed by atoms with Gasteiger partial charge in [-0.1, -0.05) is 35.6 Å². The maximum absolute atomic E-state index is 10.4. The average molecular weight is 437 g/mol. The topological polar surface area (TPSA) is 23.8 Å². The zero-order chi connectivity index (χ0) is 16.9. The average Bonchev–Trinajstić information content (AvgIpc) is 2.93. The van der Waals surface area contributed by atoms with E-state index in [1.165, 1.54) is 55.8 Å². The molecule has 0 spiro atoms. The fourth-order valence-corrected chi connectivity index (χ4v) is 8.60. The van der Waals surface area contributed by atoms with Crippen molar-refractivity contribution in [3.63, 3.8) is 0 Å². The van der Waals surface area contributed by atoms with Crippen molar-refractivity contribution < 1.29 is 0 Å². The van der Waals surface area contributed by atoms with Crippen molar-refractivity contribution in [3.05, 3.63) is 12.7 Å². The Morgan fingerprint density at radius 1 is 1.12 bits per heavy atom. The van der Waals surface area contributed by atoms with E-state index in [1.54, 1.807) is 0 Å². The third-order valence-corrected chi connectivity index (χ3v) is 10.3. The molecule has 132 valence electrons. The molecule has 8 atom stereocenters. The van der Waals surface area contributed by atoms with Crippen LogP contribution in [0.2, 0.25) is 0 Å².